The average molecular weight is 372 g/mol. The largest absolute Gasteiger partial charge is 0.433 e. The maximum atomic E-state index is 12.6. The maximum Gasteiger partial charge on any atom is 0.433 e. The van der Waals surface area contributed by atoms with E-state index < -0.39 is 29.2 Å². The van der Waals surface area contributed by atoms with Gasteiger partial charge >= 0.3 is 6.18 Å². The first-order valence-electron chi connectivity index (χ1n) is 6.71. The quantitative estimate of drug-likeness (QED) is 0.427. The van der Waals surface area contributed by atoms with Crippen LogP contribution in [0.25, 0.3) is 0 Å². The zero-order valence-corrected chi connectivity index (χ0v) is 13.2. The molecule has 132 valence electrons. The summed E-state index contributed by atoms with van der Waals surface area (Å²) in [5.41, 5.74) is 2.25. The highest BCUT2D eigenvalue weighted by molar-refractivity contribution is 7.99. The number of carbonyl (C=O) groups excluding carboxylic acids is 2. The number of hydrazine groups is 1. The minimum atomic E-state index is -4.77. The topological polar surface area (TPSA) is 104 Å². The van der Waals surface area contributed by atoms with Crippen LogP contribution in [0, 0.1) is 0 Å². The number of hydrogen-bond acceptors (Lipinski definition) is 5. The van der Waals surface area contributed by atoms with Crippen molar-refractivity contribution in [2.45, 2.75) is 11.3 Å². The van der Waals surface area contributed by atoms with Crippen molar-refractivity contribution in [2.75, 3.05) is 5.75 Å². The van der Waals surface area contributed by atoms with Crippen molar-refractivity contribution < 1.29 is 22.8 Å². The van der Waals surface area contributed by atoms with Crippen LogP contribution in [0.2, 0.25) is 0 Å². The van der Waals surface area contributed by atoms with Gasteiger partial charge in [-0.1, -0.05) is 30.0 Å². The molecule has 3 N–H and O–H groups in total. The summed E-state index contributed by atoms with van der Waals surface area (Å²) in [7, 11) is 0. The summed E-state index contributed by atoms with van der Waals surface area (Å²) in [5, 5.41) is -0.357. The van der Waals surface area contributed by atoms with E-state index in [1.54, 1.807) is 18.2 Å². The number of aromatic amines is 1. The summed E-state index contributed by atoms with van der Waals surface area (Å²) in [6.45, 7) is 0. The zero-order valence-electron chi connectivity index (χ0n) is 12.4. The number of carbonyl (C=O) groups is 2. The number of thioether (sulfide) groups is 1. The first kappa shape index (κ1) is 18.5. The van der Waals surface area contributed by atoms with E-state index in [2.05, 4.69) is 20.8 Å². The Hall–Kier alpha value is -2.82. The molecule has 0 bridgehead atoms. The molecular formula is C14H11F3N4O3S. The third-order valence-electron chi connectivity index (χ3n) is 2.70. The van der Waals surface area contributed by atoms with Gasteiger partial charge in [-0.3, -0.25) is 25.2 Å². The van der Waals surface area contributed by atoms with Crippen LogP contribution < -0.4 is 16.4 Å². The van der Waals surface area contributed by atoms with Crippen molar-refractivity contribution in [2.24, 2.45) is 0 Å². The standard InChI is InChI=1S/C14H11F3N4O3S/c15-14(16,17)9-6-10(22)19-13(18-9)25-7-11(23)20-21-12(24)8-4-2-1-3-5-8/h1-6H,7H2,(H,20,23)(H,21,24)(H,18,19,22). The van der Waals surface area contributed by atoms with Crippen molar-refractivity contribution in [1.82, 2.24) is 20.8 Å². The predicted octanol–water partition coefficient (Wildman–Crippen LogP) is 1.34. The molecule has 2 amide bonds. The Morgan fingerprint density at radius 2 is 1.84 bits per heavy atom. The Morgan fingerprint density at radius 3 is 2.48 bits per heavy atom. The minimum Gasteiger partial charge on any atom is -0.301 e. The van der Waals surface area contributed by atoms with Gasteiger partial charge in [-0.2, -0.15) is 13.2 Å². The van der Waals surface area contributed by atoms with Crippen molar-refractivity contribution in [3.05, 3.63) is 58.0 Å². The number of nitrogens with one attached hydrogen (secondary N) is 3. The number of nitrogens with zero attached hydrogens (tertiary/aromatic N) is 1. The number of benzene rings is 1. The van der Waals surface area contributed by atoms with E-state index in [9.17, 15) is 27.6 Å². The maximum absolute atomic E-state index is 12.6. The molecule has 0 saturated carbocycles. The monoisotopic (exact) mass is 372 g/mol. The average Bonchev–Trinajstić information content (AvgIpc) is 2.57. The molecule has 0 unspecified atom stereocenters. The van der Waals surface area contributed by atoms with Crippen LogP contribution in [0.5, 0.6) is 0 Å². The fourth-order valence-electron chi connectivity index (χ4n) is 1.61. The lowest BCUT2D eigenvalue weighted by atomic mass is 10.2. The van der Waals surface area contributed by atoms with Gasteiger partial charge in [0.05, 0.1) is 5.75 Å². The van der Waals surface area contributed by atoms with Crippen LogP contribution in [0.4, 0.5) is 13.2 Å². The first-order valence-corrected chi connectivity index (χ1v) is 7.70. The van der Waals surface area contributed by atoms with Crippen LogP contribution in [0.15, 0.2) is 46.3 Å². The molecule has 0 atom stereocenters. The van der Waals surface area contributed by atoms with Crippen molar-refractivity contribution in [3.8, 4) is 0 Å². The van der Waals surface area contributed by atoms with Crippen molar-refractivity contribution in [3.63, 3.8) is 0 Å². The molecule has 1 aromatic carbocycles. The molecule has 0 aliphatic rings. The van der Waals surface area contributed by atoms with Crippen LogP contribution in [0.3, 0.4) is 0 Å². The molecule has 0 aliphatic carbocycles. The van der Waals surface area contributed by atoms with Gasteiger partial charge in [-0.25, -0.2) is 4.98 Å². The van der Waals surface area contributed by atoms with E-state index in [0.29, 0.717) is 23.4 Å². The lowest BCUT2D eigenvalue weighted by molar-refractivity contribution is -0.141. The van der Waals surface area contributed by atoms with Gasteiger partial charge < -0.3 is 4.98 Å². The number of rotatable bonds is 4. The van der Waals surface area contributed by atoms with Gasteiger partial charge in [0, 0.05) is 11.6 Å². The number of hydrogen-bond donors (Lipinski definition) is 3. The third kappa shape index (κ3) is 5.64. The second kappa shape index (κ2) is 7.83. The third-order valence-corrected chi connectivity index (χ3v) is 3.58. The van der Waals surface area contributed by atoms with Crippen molar-refractivity contribution in [1.29, 1.82) is 0 Å². The summed E-state index contributed by atoms with van der Waals surface area (Å²) < 4.78 is 37.7. The van der Waals surface area contributed by atoms with Gasteiger partial charge in [0.2, 0.25) is 5.91 Å². The zero-order chi connectivity index (χ0) is 18.4. The number of aromatic nitrogens is 2. The Balaban J connectivity index is 1.89. The van der Waals surface area contributed by atoms with Crippen LogP contribution in [-0.2, 0) is 11.0 Å². The van der Waals surface area contributed by atoms with Gasteiger partial charge in [0.15, 0.2) is 10.9 Å². The van der Waals surface area contributed by atoms with E-state index >= 15 is 0 Å². The number of H-pyrrole nitrogens is 1. The van der Waals surface area contributed by atoms with Gasteiger partial charge in [0.25, 0.3) is 11.5 Å². The fourth-order valence-corrected chi connectivity index (χ4v) is 2.28. The molecule has 0 radical (unpaired) electrons. The van der Waals surface area contributed by atoms with E-state index in [1.165, 1.54) is 12.1 Å². The highest BCUT2D eigenvalue weighted by atomic mass is 32.2. The number of amides is 2. The molecule has 0 aliphatic heterocycles. The molecule has 7 nitrogen and oxygen atoms in total. The van der Waals surface area contributed by atoms with Crippen molar-refractivity contribution >= 4 is 23.6 Å². The van der Waals surface area contributed by atoms with Crippen LogP contribution in [0.1, 0.15) is 16.1 Å². The Morgan fingerprint density at radius 1 is 1.16 bits per heavy atom. The second-order valence-electron chi connectivity index (χ2n) is 4.59. The van der Waals surface area contributed by atoms with Crippen LogP contribution in [-0.4, -0.2) is 27.5 Å². The summed E-state index contributed by atoms with van der Waals surface area (Å²) >= 11 is 0.590. The Bertz CT molecular complexity index is 824. The SMILES string of the molecule is O=C(CSc1nc(C(F)(F)F)cc(=O)[nH]1)NNC(=O)c1ccccc1. The molecule has 1 heterocycles. The summed E-state index contributed by atoms with van der Waals surface area (Å²) in [4.78, 5) is 39.9. The van der Waals surface area contributed by atoms with E-state index in [4.69, 9.17) is 0 Å². The lowest BCUT2D eigenvalue weighted by Crippen LogP contribution is -2.42. The fraction of sp³-hybridized carbons (Fsp3) is 0.143. The molecule has 11 heteroatoms. The van der Waals surface area contributed by atoms with Gasteiger partial charge in [-0.15, -0.1) is 0 Å². The molecule has 25 heavy (non-hydrogen) atoms. The molecule has 0 fully saturated rings. The lowest BCUT2D eigenvalue weighted by Gasteiger charge is -2.08. The second-order valence-corrected chi connectivity index (χ2v) is 5.55. The Kier molecular flexibility index (Phi) is 5.80. The van der Waals surface area contributed by atoms with Gasteiger partial charge in [0.1, 0.15) is 0 Å². The number of halogens is 3. The molecule has 1 aromatic heterocycles. The normalized spacial score (nSPS) is 11.0. The highest BCUT2D eigenvalue weighted by Gasteiger charge is 2.33. The molecular weight excluding hydrogens is 361 g/mol. The summed E-state index contributed by atoms with van der Waals surface area (Å²) in [5.74, 6) is -1.60. The molecule has 2 rings (SSSR count). The first-order chi connectivity index (χ1) is 11.8. The summed E-state index contributed by atoms with van der Waals surface area (Å²) in [6, 6.07) is 8.39. The molecule has 0 saturated heterocycles. The predicted molar refractivity (Wildman–Crippen MR) is 82.6 cm³/mol. The van der Waals surface area contributed by atoms with E-state index in [-0.39, 0.29) is 10.9 Å². The van der Waals surface area contributed by atoms with Gasteiger partial charge in [-0.05, 0) is 12.1 Å². The minimum absolute atomic E-state index is 0.319. The highest BCUT2D eigenvalue weighted by Crippen LogP contribution is 2.27. The number of alkyl halides is 3. The smallest absolute Gasteiger partial charge is 0.301 e. The van der Waals surface area contributed by atoms with Crippen LogP contribution >= 0.6 is 11.8 Å². The summed E-state index contributed by atoms with van der Waals surface area (Å²) in [6.07, 6.45) is -4.77. The van der Waals surface area contributed by atoms with E-state index in [1.807, 2.05) is 0 Å². The van der Waals surface area contributed by atoms with E-state index in [0.717, 1.165) is 0 Å². The molecule has 2 aromatic rings. The molecule has 0 spiro atoms. The Labute approximate surface area is 143 Å².